The highest BCUT2D eigenvalue weighted by Crippen LogP contribution is 2.12. The molecular weight excluding hydrogens is 319 g/mol. The van der Waals surface area contributed by atoms with Crippen LogP contribution in [0.25, 0.3) is 0 Å². The highest BCUT2D eigenvalue weighted by Gasteiger charge is 2.25. The number of benzene rings is 2. The van der Waals surface area contributed by atoms with Crippen LogP contribution >= 0.6 is 0 Å². The maximum atomic E-state index is 12.9. The quantitative estimate of drug-likeness (QED) is 0.839. The molecule has 2 aromatic rings. The van der Waals surface area contributed by atoms with Crippen molar-refractivity contribution in [1.82, 2.24) is 10.0 Å². The Morgan fingerprint density at radius 2 is 1.70 bits per heavy atom. The van der Waals surface area contributed by atoms with Crippen LogP contribution in [0, 0.1) is 5.82 Å². The van der Waals surface area contributed by atoms with E-state index in [0.29, 0.717) is 0 Å². The van der Waals surface area contributed by atoms with Gasteiger partial charge in [0, 0.05) is 7.05 Å². The van der Waals surface area contributed by atoms with E-state index in [4.69, 9.17) is 0 Å². The fourth-order valence-electron chi connectivity index (χ4n) is 2.08. The second kappa shape index (κ2) is 7.34. The molecule has 1 atom stereocenters. The van der Waals surface area contributed by atoms with Crippen LogP contribution in [0.5, 0.6) is 0 Å². The van der Waals surface area contributed by atoms with Gasteiger partial charge >= 0.3 is 0 Å². The summed E-state index contributed by atoms with van der Waals surface area (Å²) in [7, 11) is -2.49. The third-order valence-electron chi connectivity index (χ3n) is 3.27. The molecule has 0 fully saturated rings. The number of likely N-dealkylation sites (N-methyl/N-ethyl adjacent to an activating group) is 1. The molecule has 23 heavy (non-hydrogen) atoms. The Bertz CT molecular complexity index is 762. The molecule has 0 saturated carbocycles. The molecule has 0 spiro atoms. The van der Waals surface area contributed by atoms with Gasteiger partial charge in [-0.25, -0.2) is 12.8 Å². The molecule has 0 saturated heterocycles. The van der Waals surface area contributed by atoms with Crippen molar-refractivity contribution in [3.63, 3.8) is 0 Å². The Morgan fingerprint density at radius 3 is 2.26 bits per heavy atom. The summed E-state index contributed by atoms with van der Waals surface area (Å²) in [6.45, 7) is 0. The molecule has 122 valence electrons. The normalized spacial score (nSPS) is 12.6. The number of nitrogens with one attached hydrogen (secondary N) is 2. The molecule has 2 aromatic carbocycles. The van der Waals surface area contributed by atoms with Gasteiger partial charge in [0.1, 0.15) is 11.9 Å². The Balaban J connectivity index is 2.23. The molecule has 7 heteroatoms. The average molecular weight is 336 g/mol. The number of hydrogen-bond donors (Lipinski definition) is 2. The third-order valence-corrected chi connectivity index (χ3v) is 4.75. The standard InChI is InChI=1S/C16H17FN2O3S/c1-18-16(20)15(11-12-5-3-2-4-6-12)19-23(21,22)14-9-7-13(17)8-10-14/h2-10,15,19H,11H2,1H3,(H,18,20)/t15-/m0/s1. The van der Waals surface area contributed by atoms with E-state index < -0.39 is 27.8 Å². The van der Waals surface area contributed by atoms with Gasteiger partial charge in [0.15, 0.2) is 0 Å². The van der Waals surface area contributed by atoms with Crippen LogP contribution in [0.2, 0.25) is 0 Å². The van der Waals surface area contributed by atoms with E-state index in [0.717, 1.165) is 29.8 Å². The zero-order chi connectivity index (χ0) is 16.9. The van der Waals surface area contributed by atoms with Crippen LogP contribution in [0.3, 0.4) is 0 Å². The van der Waals surface area contributed by atoms with E-state index in [2.05, 4.69) is 10.0 Å². The maximum Gasteiger partial charge on any atom is 0.241 e. The first-order chi connectivity index (χ1) is 10.9. The zero-order valence-corrected chi connectivity index (χ0v) is 13.3. The SMILES string of the molecule is CNC(=O)[C@H](Cc1ccccc1)NS(=O)(=O)c1ccc(F)cc1. The van der Waals surface area contributed by atoms with Gasteiger partial charge in [0.25, 0.3) is 0 Å². The monoisotopic (exact) mass is 336 g/mol. The minimum atomic E-state index is -3.93. The summed E-state index contributed by atoms with van der Waals surface area (Å²) in [5, 5.41) is 2.44. The smallest absolute Gasteiger partial charge is 0.241 e. The number of hydrogen-bond acceptors (Lipinski definition) is 3. The predicted octanol–water partition coefficient (Wildman–Crippen LogP) is 1.46. The number of rotatable bonds is 6. The van der Waals surface area contributed by atoms with Gasteiger partial charge < -0.3 is 5.32 Å². The van der Waals surface area contributed by atoms with Gasteiger partial charge in [-0.3, -0.25) is 4.79 Å². The van der Waals surface area contributed by atoms with Crippen LogP contribution in [0.15, 0.2) is 59.5 Å². The number of carbonyl (C=O) groups excluding carboxylic acids is 1. The second-order valence-corrected chi connectivity index (χ2v) is 6.65. The largest absolute Gasteiger partial charge is 0.358 e. The van der Waals surface area contributed by atoms with Crippen LogP contribution in [0.1, 0.15) is 5.56 Å². The third kappa shape index (κ3) is 4.61. The van der Waals surface area contributed by atoms with E-state index >= 15 is 0 Å². The van der Waals surface area contributed by atoms with Crippen molar-refractivity contribution in [2.24, 2.45) is 0 Å². The number of carbonyl (C=O) groups is 1. The number of amides is 1. The van der Waals surface area contributed by atoms with Crippen molar-refractivity contribution in [1.29, 1.82) is 0 Å². The molecular formula is C16H17FN2O3S. The first kappa shape index (κ1) is 17.1. The maximum absolute atomic E-state index is 12.9. The van der Waals surface area contributed by atoms with Crippen molar-refractivity contribution in [2.45, 2.75) is 17.4 Å². The van der Waals surface area contributed by atoms with E-state index in [9.17, 15) is 17.6 Å². The Hall–Kier alpha value is -2.25. The minimum absolute atomic E-state index is 0.0964. The lowest BCUT2D eigenvalue weighted by Crippen LogP contribution is -2.46. The van der Waals surface area contributed by atoms with Gasteiger partial charge in [-0.15, -0.1) is 0 Å². The van der Waals surface area contributed by atoms with Gasteiger partial charge in [0.2, 0.25) is 15.9 Å². The van der Waals surface area contributed by atoms with Gasteiger partial charge in [-0.2, -0.15) is 4.72 Å². The van der Waals surface area contributed by atoms with Crippen LogP contribution in [-0.4, -0.2) is 27.4 Å². The molecule has 0 unspecified atom stereocenters. The molecule has 2 N–H and O–H groups in total. The Kier molecular flexibility index (Phi) is 5.46. The summed E-state index contributed by atoms with van der Waals surface area (Å²) in [5.41, 5.74) is 0.822. The summed E-state index contributed by atoms with van der Waals surface area (Å²) in [5.74, 6) is -0.976. The molecule has 0 aliphatic heterocycles. The highest BCUT2D eigenvalue weighted by molar-refractivity contribution is 7.89. The van der Waals surface area contributed by atoms with Crippen molar-refractivity contribution in [2.75, 3.05) is 7.05 Å². The van der Waals surface area contributed by atoms with Crippen molar-refractivity contribution < 1.29 is 17.6 Å². The van der Waals surface area contributed by atoms with Crippen LogP contribution in [-0.2, 0) is 21.2 Å². The highest BCUT2D eigenvalue weighted by atomic mass is 32.2. The van der Waals surface area contributed by atoms with Crippen LogP contribution in [0.4, 0.5) is 4.39 Å². The summed E-state index contributed by atoms with van der Waals surface area (Å²) in [6, 6.07) is 12.5. The van der Waals surface area contributed by atoms with Crippen molar-refractivity contribution in [3.8, 4) is 0 Å². The van der Waals surface area contributed by atoms with Crippen LogP contribution < -0.4 is 10.0 Å². The van der Waals surface area contributed by atoms with Crippen molar-refractivity contribution in [3.05, 3.63) is 66.0 Å². The zero-order valence-electron chi connectivity index (χ0n) is 12.5. The molecule has 0 heterocycles. The number of sulfonamides is 1. The summed E-state index contributed by atoms with van der Waals surface area (Å²) in [6.07, 6.45) is 0.209. The van der Waals surface area contributed by atoms with E-state index in [-0.39, 0.29) is 11.3 Å². The molecule has 0 bridgehead atoms. The van der Waals surface area contributed by atoms with E-state index in [1.54, 1.807) is 0 Å². The van der Waals surface area contributed by atoms with Gasteiger partial charge in [0.05, 0.1) is 4.90 Å². The first-order valence-corrected chi connectivity index (χ1v) is 8.44. The lowest BCUT2D eigenvalue weighted by Gasteiger charge is -2.17. The summed E-state index contributed by atoms with van der Waals surface area (Å²) < 4.78 is 40.0. The Morgan fingerprint density at radius 1 is 1.09 bits per heavy atom. The topological polar surface area (TPSA) is 75.3 Å². The predicted molar refractivity (Wildman–Crippen MR) is 84.7 cm³/mol. The second-order valence-electron chi connectivity index (χ2n) is 4.93. The molecule has 0 aliphatic carbocycles. The fourth-order valence-corrected chi connectivity index (χ4v) is 3.28. The minimum Gasteiger partial charge on any atom is -0.358 e. The molecule has 2 rings (SSSR count). The van der Waals surface area contributed by atoms with Gasteiger partial charge in [-0.05, 0) is 36.2 Å². The molecule has 5 nitrogen and oxygen atoms in total. The summed E-state index contributed by atoms with van der Waals surface area (Å²) in [4.78, 5) is 11.9. The fraction of sp³-hybridized carbons (Fsp3) is 0.188. The first-order valence-electron chi connectivity index (χ1n) is 6.96. The molecule has 0 radical (unpaired) electrons. The lowest BCUT2D eigenvalue weighted by molar-refractivity contribution is -0.122. The van der Waals surface area contributed by atoms with E-state index in [1.807, 2.05) is 30.3 Å². The van der Waals surface area contributed by atoms with E-state index in [1.165, 1.54) is 7.05 Å². The molecule has 0 aliphatic rings. The number of halogens is 1. The van der Waals surface area contributed by atoms with Gasteiger partial charge in [-0.1, -0.05) is 30.3 Å². The lowest BCUT2D eigenvalue weighted by atomic mass is 10.1. The van der Waals surface area contributed by atoms with Crippen molar-refractivity contribution >= 4 is 15.9 Å². The molecule has 0 aromatic heterocycles. The average Bonchev–Trinajstić information content (AvgIpc) is 2.54. The summed E-state index contributed by atoms with van der Waals surface area (Å²) >= 11 is 0. The Labute approximate surface area is 134 Å². The molecule has 1 amide bonds.